The maximum Gasteiger partial charge on any atom is 0.281 e. The summed E-state index contributed by atoms with van der Waals surface area (Å²) in [5, 5.41) is 18.3. The molecule has 0 atom stereocenters. The zero-order valence-corrected chi connectivity index (χ0v) is 9.61. The van der Waals surface area contributed by atoms with Crippen LogP contribution in [-0.2, 0) is 0 Å². The van der Waals surface area contributed by atoms with Crippen molar-refractivity contribution in [3.63, 3.8) is 0 Å². The van der Waals surface area contributed by atoms with Gasteiger partial charge in [-0.25, -0.2) is 0 Å². The fraction of sp³-hybridized carbons (Fsp3) is 0.100. The minimum absolute atomic E-state index is 0.0186. The SMILES string of the molecule is O=[N+]([O-])c1cc(C#CCBr)cc2[nH]ncc12. The van der Waals surface area contributed by atoms with Gasteiger partial charge in [0.1, 0.15) is 0 Å². The highest BCUT2D eigenvalue weighted by molar-refractivity contribution is 9.09. The molecule has 1 heterocycles. The molecule has 0 spiro atoms. The van der Waals surface area contributed by atoms with Crippen LogP contribution in [0.25, 0.3) is 10.9 Å². The summed E-state index contributed by atoms with van der Waals surface area (Å²) in [4.78, 5) is 10.4. The monoisotopic (exact) mass is 279 g/mol. The number of halogens is 1. The Kier molecular flexibility index (Phi) is 2.88. The van der Waals surface area contributed by atoms with Crippen LogP contribution in [0, 0.1) is 22.0 Å². The van der Waals surface area contributed by atoms with E-state index in [0.717, 1.165) is 0 Å². The molecular weight excluding hydrogens is 274 g/mol. The second-order valence-electron chi connectivity index (χ2n) is 3.02. The lowest BCUT2D eigenvalue weighted by Gasteiger charge is -1.95. The van der Waals surface area contributed by atoms with E-state index < -0.39 is 4.92 Å². The van der Waals surface area contributed by atoms with E-state index in [1.54, 1.807) is 6.07 Å². The Morgan fingerprint density at radius 3 is 3.06 bits per heavy atom. The lowest BCUT2D eigenvalue weighted by atomic mass is 10.1. The lowest BCUT2D eigenvalue weighted by molar-refractivity contribution is -0.383. The maximum atomic E-state index is 10.8. The van der Waals surface area contributed by atoms with Gasteiger partial charge in [0.15, 0.2) is 0 Å². The predicted molar refractivity (Wildman–Crippen MR) is 63.4 cm³/mol. The van der Waals surface area contributed by atoms with E-state index in [4.69, 9.17) is 0 Å². The number of nitro benzene ring substituents is 1. The minimum atomic E-state index is -0.433. The molecular formula is C10H6BrN3O2. The number of rotatable bonds is 1. The Hall–Kier alpha value is -1.87. The highest BCUT2D eigenvalue weighted by atomic mass is 79.9. The first-order valence-corrected chi connectivity index (χ1v) is 5.51. The van der Waals surface area contributed by atoms with Crippen molar-refractivity contribution in [1.82, 2.24) is 10.2 Å². The van der Waals surface area contributed by atoms with Crippen molar-refractivity contribution in [3.8, 4) is 11.8 Å². The maximum absolute atomic E-state index is 10.8. The molecule has 6 heteroatoms. The zero-order valence-electron chi connectivity index (χ0n) is 8.03. The Balaban J connectivity index is 2.66. The highest BCUT2D eigenvalue weighted by Crippen LogP contribution is 2.25. The largest absolute Gasteiger partial charge is 0.281 e. The van der Waals surface area contributed by atoms with Crippen molar-refractivity contribution in [3.05, 3.63) is 34.0 Å². The van der Waals surface area contributed by atoms with E-state index in [-0.39, 0.29) is 5.69 Å². The van der Waals surface area contributed by atoms with Crippen LogP contribution in [0.2, 0.25) is 0 Å². The predicted octanol–water partition coefficient (Wildman–Crippen LogP) is 2.22. The summed E-state index contributed by atoms with van der Waals surface area (Å²) in [7, 11) is 0. The highest BCUT2D eigenvalue weighted by Gasteiger charge is 2.14. The van der Waals surface area contributed by atoms with Gasteiger partial charge in [-0.15, -0.1) is 0 Å². The van der Waals surface area contributed by atoms with Crippen molar-refractivity contribution in [2.24, 2.45) is 0 Å². The number of non-ortho nitro benzene ring substituents is 1. The topological polar surface area (TPSA) is 71.8 Å². The van der Waals surface area contributed by atoms with Crippen molar-refractivity contribution >= 4 is 32.5 Å². The van der Waals surface area contributed by atoms with E-state index >= 15 is 0 Å². The third kappa shape index (κ3) is 1.90. The average Bonchev–Trinajstić information content (AvgIpc) is 2.72. The van der Waals surface area contributed by atoms with Gasteiger partial charge in [-0.05, 0) is 6.07 Å². The third-order valence-electron chi connectivity index (χ3n) is 2.03. The number of benzene rings is 1. The Bertz CT molecular complexity index is 609. The van der Waals surface area contributed by atoms with Gasteiger partial charge in [0.2, 0.25) is 0 Å². The molecule has 0 unspecified atom stereocenters. The van der Waals surface area contributed by atoms with E-state index in [1.807, 2.05) is 0 Å². The smallest absolute Gasteiger partial charge is 0.278 e. The molecule has 2 aromatic rings. The van der Waals surface area contributed by atoms with Crippen molar-refractivity contribution in [2.45, 2.75) is 0 Å². The van der Waals surface area contributed by atoms with E-state index in [9.17, 15) is 10.1 Å². The molecule has 16 heavy (non-hydrogen) atoms. The van der Waals surface area contributed by atoms with Crippen LogP contribution in [0.15, 0.2) is 18.3 Å². The van der Waals surface area contributed by atoms with E-state index in [2.05, 4.69) is 38.0 Å². The van der Waals surface area contributed by atoms with Crippen LogP contribution in [0.5, 0.6) is 0 Å². The Morgan fingerprint density at radius 2 is 2.38 bits per heavy atom. The molecule has 0 amide bonds. The van der Waals surface area contributed by atoms with Crippen LogP contribution >= 0.6 is 15.9 Å². The molecule has 0 aliphatic carbocycles. The van der Waals surface area contributed by atoms with Gasteiger partial charge in [0.05, 0.1) is 27.4 Å². The van der Waals surface area contributed by atoms with Gasteiger partial charge in [-0.2, -0.15) is 5.10 Å². The first kappa shape index (κ1) is 10.6. The molecule has 80 valence electrons. The first-order chi connectivity index (χ1) is 7.72. The molecule has 1 aromatic carbocycles. The number of hydrogen-bond donors (Lipinski definition) is 1. The number of aromatic amines is 1. The fourth-order valence-electron chi connectivity index (χ4n) is 1.39. The second kappa shape index (κ2) is 4.33. The quantitative estimate of drug-likeness (QED) is 0.377. The Labute approximate surface area is 99.1 Å². The van der Waals surface area contributed by atoms with Crippen LogP contribution in [0.4, 0.5) is 5.69 Å². The Morgan fingerprint density at radius 1 is 1.56 bits per heavy atom. The molecule has 5 nitrogen and oxygen atoms in total. The number of fused-ring (bicyclic) bond motifs is 1. The fourth-order valence-corrected chi connectivity index (χ4v) is 1.53. The summed E-state index contributed by atoms with van der Waals surface area (Å²) in [5.74, 6) is 5.62. The van der Waals surface area contributed by atoms with Crippen LogP contribution < -0.4 is 0 Å². The number of nitro groups is 1. The molecule has 2 rings (SSSR count). The van der Waals surface area contributed by atoms with Gasteiger partial charge in [0.25, 0.3) is 5.69 Å². The van der Waals surface area contributed by atoms with Gasteiger partial charge >= 0.3 is 0 Å². The standard InChI is InChI=1S/C10H6BrN3O2/c11-3-1-2-7-4-9-8(6-12-13-9)10(5-7)14(15)16/h4-6H,3H2,(H,12,13). The minimum Gasteiger partial charge on any atom is -0.278 e. The first-order valence-electron chi connectivity index (χ1n) is 4.38. The van der Waals surface area contributed by atoms with E-state index in [1.165, 1.54) is 12.3 Å². The van der Waals surface area contributed by atoms with E-state index in [0.29, 0.717) is 21.8 Å². The normalized spacial score (nSPS) is 9.81. The number of alkyl halides is 1. The van der Waals surface area contributed by atoms with Gasteiger partial charge in [-0.1, -0.05) is 27.8 Å². The summed E-state index contributed by atoms with van der Waals surface area (Å²) in [6, 6.07) is 3.19. The molecule has 1 N–H and O–H groups in total. The molecule has 0 aliphatic rings. The summed E-state index contributed by atoms with van der Waals surface area (Å²) >= 11 is 3.17. The molecule has 0 radical (unpaired) electrons. The number of nitrogens with one attached hydrogen (secondary N) is 1. The molecule has 1 aromatic heterocycles. The third-order valence-corrected chi connectivity index (χ3v) is 2.31. The molecule has 0 saturated heterocycles. The van der Waals surface area contributed by atoms with Gasteiger partial charge < -0.3 is 0 Å². The summed E-state index contributed by atoms with van der Waals surface area (Å²) in [6.45, 7) is 0. The van der Waals surface area contributed by atoms with Crippen molar-refractivity contribution in [1.29, 1.82) is 0 Å². The number of hydrogen-bond acceptors (Lipinski definition) is 3. The van der Waals surface area contributed by atoms with Crippen LogP contribution in [-0.4, -0.2) is 20.5 Å². The van der Waals surface area contributed by atoms with Crippen molar-refractivity contribution in [2.75, 3.05) is 5.33 Å². The zero-order chi connectivity index (χ0) is 11.5. The lowest BCUT2D eigenvalue weighted by Crippen LogP contribution is -1.90. The van der Waals surface area contributed by atoms with Gasteiger partial charge in [-0.3, -0.25) is 15.2 Å². The van der Waals surface area contributed by atoms with Crippen LogP contribution in [0.1, 0.15) is 5.56 Å². The number of aromatic nitrogens is 2. The molecule has 0 bridgehead atoms. The number of nitrogens with zero attached hydrogens (tertiary/aromatic N) is 2. The summed E-state index contributed by atoms with van der Waals surface area (Å²) in [6.07, 6.45) is 1.44. The van der Waals surface area contributed by atoms with Crippen LogP contribution in [0.3, 0.4) is 0 Å². The average molecular weight is 280 g/mol. The summed E-state index contributed by atoms with van der Waals surface area (Å²) in [5.41, 5.74) is 1.24. The van der Waals surface area contributed by atoms with Gasteiger partial charge in [0, 0.05) is 11.6 Å². The second-order valence-corrected chi connectivity index (χ2v) is 3.58. The molecule has 0 aliphatic heterocycles. The number of H-pyrrole nitrogens is 1. The summed E-state index contributed by atoms with van der Waals surface area (Å²) < 4.78 is 0. The molecule has 0 saturated carbocycles. The molecule has 0 fully saturated rings. The van der Waals surface area contributed by atoms with Crippen molar-refractivity contribution < 1.29 is 4.92 Å².